The highest BCUT2D eigenvalue weighted by atomic mass is 32.2. The summed E-state index contributed by atoms with van der Waals surface area (Å²) in [6.07, 6.45) is 5.21. The third-order valence-corrected chi connectivity index (χ3v) is 7.12. The summed E-state index contributed by atoms with van der Waals surface area (Å²) in [5, 5.41) is 0. The number of nitrogens with zero attached hydrogens (tertiary/aromatic N) is 5. The van der Waals surface area contributed by atoms with Gasteiger partial charge in [-0.2, -0.15) is 4.31 Å². The molecule has 8 nitrogen and oxygen atoms in total. The molecule has 0 radical (unpaired) electrons. The number of carbonyl (C=O) groups is 1. The lowest BCUT2D eigenvalue weighted by Gasteiger charge is -2.34. The van der Waals surface area contributed by atoms with Crippen LogP contribution < -0.4 is 4.90 Å². The molecule has 0 aliphatic carbocycles. The fourth-order valence-electron chi connectivity index (χ4n) is 3.59. The highest BCUT2D eigenvalue weighted by Gasteiger charge is 2.28. The number of sulfonamides is 1. The normalized spacial score (nSPS) is 18.4. The van der Waals surface area contributed by atoms with Crippen LogP contribution in [0.3, 0.4) is 0 Å². The maximum absolute atomic E-state index is 12.8. The van der Waals surface area contributed by atoms with Crippen molar-refractivity contribution >= 4 is 21.9 Å². The Morgan fingerprint density at radius 3 is 2.07 bits per heavy atom. The molecule has 2 aromatic rings. The topological polar surface area (TPSA) is 86.7 Å². The summed E-state index contributed by atoms with van der Waals surface area (Å²) in [5.74, 6) is 0.588. The van der Waals surface area contributed by atoms with Crippen molar-refractivity contribution < 1.29 is 13.2 Å². The van der Waals surface area contributed by atoms with Gasteiger partial charge in [-0.25, -0.2) is 18.4 Å². The zero-order valence-corrected chi connectivity index (χ0v) is 16.4. The van der Waals surface area contributed by atoms with Crippen molar-refractivity contribution in [3.63, 3.8) is 0 Å². The second kappa shape index (κ2) is 7.84. The molecule has 0 atom stereocenters. The van der Waals surface area contributed by atoms with Crippen LogP contribution in [0, 0.1) is 0 Å². The van der Waals surface area contributed by atoms with Gasteiger partial charge < -0.3 is 9.80 Å². The minimum absolute atomic E-state index is 0.0845. The Balaban J connectivity index is 1.40. The maximum atomic E-state index is 12.8. The van der Waals surface area contributed by atoms with Crippen LogP contribution in [0.25, 0.3) is 0 Å². The molecular weight excluding hydrogens is 378 g/mol. The number of piperazine rings is 1. The van der Waals surface area contributed by atoms with Gasteiger partial charge in [0, 0.05) is 57.2 Å². The van der Waals surface area contributed by atoms with Crippen LogP contribution in [0.5, 0.6) is 0 Å². The molecule has 0 unspecified atom stereocenters. The quantitative estimate of drug-likeness (QED) is 0.766. The molecule has 3 heterocycles. The first-order valence-electron chi connectivity index (χ1n) is 9.47. The lowest BCUT2D eigenvalue weighted by Crippen LogP contribution is -2.49. The monoisotopic (exact) mass is 401 g/mol. The molecule has 2 fully saturated rings. The average Bonchev–Trinajstić information content (AvgIpc) is 3.30. The Morgan fingerprint density at radius 1 is 0.857 bits per heavy atom. The Bertz CT molecular complexity index is 920. The summed E-state index contributed by atoms with van der Waals surface area (Å²) in [6, 6.07) is 8.07. The van der Waals surface area contributed by atoms with E-state index in [2.05, 4.69) is 14.9 Å². The van der Waals surface area contributed by atoms with Gasteiger partial charge in [0.25, 0.3) is 5.91 Å². The van der Waals surface area contributed by atoms with Crippen molar-refractivity contribution in [3.05, 3.63) is 48.3 Å². The van der Waals surface area contributed by atoms with Gasteiger partial charge in [0.15, 0.2) is 0 Å². The zero-order valence-electron chi connectivity index (χ0n) is 15.6. The van der Waals surface area contributed by atoms with E-state index in [4.69, 9.17) is 0 Å². The largest absolute Gasteiger partial charge is 0.337 e. The molecule has 0 N–H and O–H groups in total. The van der Waals surface area contributed by atoms with Crippen molar-refractivity contribution in [2.24, 2.45) is 0 Å². The van der Waals surface area contributed by atoms with Crippen molar-refractivity contribution in [1.82, 2.24) is 19.2 Å². The molecule has 2 aliphatic heterocycles. The summed E-state index contributed by atoms with van der Waals surface area (Å²) in [4.78, 5) is 25.3. The molecule has 0 bridgehead atoms. The summed E-state index contributed by atoms with van der Waals surface area (Å²) in [7, 11) is -3.46. The summed E-state index contributed by atoms with van der Waals surface area (Å²) in [6.45, 7) is 3.61. The first-order valence-corrected chi connectivity index (χ1v) is 10.9. The standard InChI is InChI=1S/C19H23N5O3S/c25-18(22-12-14-23(15-13-22)19-20-8-3-9-21-19)16-4-6-17(7-5-16)28(26,27)24-10-1-2-11-24/h3-9H,1-2,10-15H2. The highest BCUT2D eigenvalue weighted by Crippen LogP contribution is 2.21. The molecular formula is C19H23N5O3S. The molecule has 2 aliphatic rings. The van der Waals surface area contributed by atoms with E-state index in [9.17, 15) is 13.2 Å². The van der Waals surface area contributed by atoms with Gasteiger partial charge in [-0.15, -0.1) is 0 Å². The SMILES string of the molecule is O=C(c1ccc(S(=O)(=O)N2CCCC2)cc1)N1CCN(c2ncccn2)CC1. The Morgan fingerprint density at radius 2 is 1.46 bits per heavy atom. The molecule has 9 heteroatoms. The van der Waals surface area contributed by atoms with Gasteiger partial charge in [-0.3, -0.25) is 4.79 Å². The molecule has 1 aromatic heterocycles. The third-order valence-electron chi connectivity index (χ3n) is 5.21. The highest BCUT2D eigenvalue weighted by molar-refractivity contribution is 7.89. The predicted octanol–water partition coefficient (Wildman–Crippen LogP) is 1.22. The van der Waals surface area contributed by atoms with E-state index in [0.29, 0.717) is 50.8 Å². The van der Waals surface area contributed by atoms with Gasteiger partial charge in [0.05, 0.1) is 4.90 Å². The molecule has 148 valence electrons. The van der Waals surface area contributed by atoms with Gasteiger partial charge in [0.2, 0.25) is 16.0 Å². The maximum Gasteiger partial charge on any atom is 0.253 e. The Labute approximate surface area is 164 Å². The second-order valence-corrected chi connectivity index (χ2v) is 8.90. The third kappa shape index (κ3) is 3.72. The van der Waals surface area contributed by atoms with Gasteiger partial charge in [-0.1, -0.05) is 0 Å². The van der Waals surface area contributed by atoms with Crippen LogP contribution in [-0.2, 0) is 10.0 Å². The average molecular weight is 401 g/mol. The summed E-state index contributed by atoms with van der Waals surface area (Å²) >= 11 is 0. The van der Waals surface area contributed by atoms with Crippen LogP contribution in [0.2, 0.25) is 0 Å². The van der Waals surface area contributed by atoms with Gasteiger partial charge >= 0.3 is 0 Å². The van der Waals surface area contributed by atoms with E-state index in [1.54, 1.807) is 35.5 Å². The van der Waals surface area contributed by atoms with Gasteiger partial charge in [0.1, 0.15) is 0 Å². The van der Waals surface area contributed by atoms with E-state index >= 15 is 0 Å². The fraction of sp³-hybridized carbons (Fsp3) is 0.421. The van der Waals surface area contributed by atoms with Gasteiger partial charge in [-0.05, 0) is 43.2 Å². The van der Waals surface area contributed by atoms with Crippen LogP contribution in [0.1, 0.15) is 23.2 Å². The smallest absolute Gasteiger partial charge is 0.253 e. The van der Waals surface area contributed by atoms with Crippen LogP contribution in [-0.4, -0.2) is 72.8 Å². The van der Waals surface area contributed by atoms with Crippen LogP contribution in [0.15, 0.2) is 47.6 Å². The molecule has 1 amide bonds. The number of benzene rings is 1. The second-order valence-electron chi connectivity index (χ2n) is 6.96. The number of aromatic nitrogens is 2. The number of anilines is 1. The zero-order chi connectivity index (χ0) is 19.6. The molecule has 28 heavy (non-hydrogen) atoms. The van der Waals surface area contributed by atoms with Crippen molar-refractivity contribution in [2.75, 3.05) is 44.2 Å². The lowest BCUT2D eigenvalue weighted by atomic mass is 10.2. The van der Waals surface area contributed by atoms with E-state index < -0.39 is 10.0 Å². The van der Waals surface area contributed by atoms with E-state index in [1.165, 1.54) is 16.4 Å². The van der Waals surface area contributed by atoms with Crippen LogP contribution >= 0.6 is 0 Å². The van der Waals surface area contributed by atoms with Crippen LogP contribution in [0.4, 0.5) is 5.95 Å². The van der Waals surface area contributed by atoms with Crippen molar-refractivity contribution in [3.8, 4) is 0 Å². The number of rotatable bonds is 4. The number of hydrogen-bond donors (Lipinski definition) is 0. The van der Waals surface area contributed by atoms with E-state index in [-0.39, 0.29) is 10.8 Å². The predicted molar refractivity (Wildman–Crippen MR) is 105 cm³/mol. The molecule has 2 saturated heterocycles. The van der Waals surface area contributed by atoms with Crippen molar-refractivity contribution in [1.29, 1.82) is 0 Å². The minimum Gasteiger partial charge on any atom is -0.337 e. The first-order chi connectivity index (χ1) is 13.6. The Kier molecular flexibility index (Phi) is 5.27. The summed E-state index contributed by atoms with van der Waals surface area (Å²) in [5.41, 5.74) is 0.504. The Hall–Kier alpha value is -2.52. The molecule has 0 saturated carbocycles. The number of hydrogen-bond acceptors (Lipinski definition) is 6. The fourth-order valence-corrected chi connectivity index (χ4v) is 5.11. The summed E-state index contributed by atoms with van der Waals surface area (Å²) < 4.78 is 26.7. The molecule has 4 rings (SSSR count). The van der Waals surface area contributed by atoms with Crippen molar-refractivity contribution in [2.45, 2.75) is 17.7 Å². The van der Waals surface area contributed by atoms with E-state index in [1.807, 2.05) is 0 Å². The number of amides is 1. The van der Waals surface area contributed by atoms with E-state index in [0.717, 1.165) is 12.8 Å². The molecule has 0 spiro atoms. The first kappa shape index (κ1) is 18.8. The lowest BCUT2D eigenvalue weighted by molar-refractivity contribution is 0.0746. The minimum atomic E-state index is -3.46. The number of carbonyl (C=O) groups excluding carboxylic acids is 1. The molecule has 1 aromatic carbocycles.